The van der Waals surface area contributed by atoms with Gasteiger partial charge in [-0.05, 0) is 52.2 Å². The number of carbonyl (C=O) groups excluding carboxylic acids is 3. The third-order valence-electron chi connectivity index (χ3n) is 4.99. The Morgan fingerprint density at radius 3 is 2.29 bits per heavy atom. The number of amides is 3. The maximum Gasteiger partial charge on any atom is 0.426 e. The first-order valence-electron chi connectivity index (χ1n) is 9.34. The Morgan fingerprint density at radius 2 is 1.71 bits per heavy atom. The normalized spacial score (nSPS) is 18.1. The maximum atomic E-state index is 13.3. The van der Waals surface area contributed by atoms with Gasteiger partial charge in [-0.3, -0.25) is 4.79 Å². The van der Waals surface area contributed by atoms with Crippen LogP contribution >= 0.6 is 0 Å². The molecule has 2 aliphatic rings. The second kappa shape index (κ2) is 6.96. The largest absolute Gasteiger partial charge is 0.444 e. The van der Waals surface area contributed by atoms with Crippen molar-refractivity contribution in [3.8, 4) is 0 Å². The van der Waals surface area contributed by atoms with Crippen LogP contribution in [0.3, 0.4) is 0 Å². The Balaban J connectivity index is 1.85. The van der Waals surface area contributed by atoms with E-state index in [1.807, 2.05) is 32.9 Å². The zero-order valence-electron chi connectivity index (χ0n) is 16.8. The Morgan fingerprint density at radius 1 is 1.11 bits per heavy atom. The van der Waals surface area contributed by atoms with E-state index in [1.54, 1.807) is 24.0 Å². The number of hydrogen-bond donors (Lipinski definition) is 0. The van der Waals surface area contributed by atoms with Crippen molar-refractivity contribution in [2.75, 3.05) is 18.0 Å². The van der Waals surface area contributed by atoms with Gasteiger partial charge in [-0.1, -0.05) is 24.8 Å². The topological polar surface area (TPSA) is 76.2 Å². The number of anilines is 1. The van der Waals surface area contributed by atoms with Crippen molar-refractivity contribution in [3.05, 3.63) is 42.2 Å². The number of carbonyl (C=O) groups is 3. The van der Waals surface area contributed by atoms with E-state index >= 15 is 0 Å². The summed E-state index contributed by atoms with van der Waals surface area (Å²) in [5, 5.41) is 0. The van der Waals surface area contributed by atoms with Crippen LogP contribution in [-0.2, 0) is 19.7 Å². The lowest BCUT2D eigenvalue weighted by Crippen LogP contribution is -2.51. The summed E-state index contributed by atoms with van der Waals surface area (Å²) in [7, 11) is 0. The van der Waals surface area contributed by atoms with E-state index in [9.17, 15) is 14.4 Å². The predicted molar refractivity (Wildman–Crippen MR) is 104 cm³/mol. The highest BCUT2D eigenvalue weighted by Crippen LogP contribution is 2.48. The number of para-hydroxylation sites is 1. The summed E-state index contributed by atoms with van der Waals surface area (Å²) in [5.74, 6) is -0.0974. The van der Waals surface area contributed by atoms with Gasteiger partial charge in [0.1, 0.15) is 5.60 Å². The number of fused-ring (bicyclic) bond motifs is 2. The molecule has 2 aliphatic heterocycles. The smallest absolute Gasteiger partial charge is 0.426 e. The highest BCUT2D eigenvalue weighted by Gasteiger charge is 2.54. The zero-order chi connectivity index (χ0) is 20.7. The van der Waals surface area contributed by atoms with Crippen molar-refractivity contribution < 1.29 is 23.9 Å². The van der Waals surface area contributed by atoms with Crippen molar-refractivity contribution in [2.24, 2.45) is 0 Å². The van der Waals surface area contributed by atoms with Crippen LogP contribution in [0.5, 0.6) is 0 Å². The van der Waals surface area contributed by atoms with E-state index in [0.29, 0.717) is 31.6 Å². The fraction of sp³-hybridized carbons (Fsp3) is 0.476. The minimum atomic E-state index is -0.844. The Labute approximate surface area is 164 Å². The van der Waals surface area contributed by atoms with Crippen LogP contribution in [-0.4, -0.2) is 41.7 Å². The van der Waals surface area contributed by atoms with Gasteiger partial charge >= 0.3 is 12.2 Å². The zero-order valence-corrected chi connectivity index (χ0v) is 16.8. The molecule has 0 bridgehead atoms. The standard InChI is InChI=1S/C21H26N2O5/c1-14(2)27-19(26)23-16-9-7-6-8-15(16)21(17(23)24)10-12-22(13-11-21)18(25)28-20(3,4)5/h6-9H,1,10-13H2,2-5H3. The highest BCUT2D eigenvalue weighted by molar-refractivity contribution is 6.21. The van der Waals surface area contributed by atoms with E-state index in [4.69, 9.17) is 9.47 Å². The summed E-state index contributed by atoms with van der Waals surface area (Å²) in [5.41, 5.74) is -0.0964. The number of hydrogen-bond acceptors (Lipinski definition) is 5. The molecule has 1 aromatic rings. The third-order valence-corrected chi connectivity index (χ3v) is 4.99. The number of ether oxygens (including phenoxy) is 2. The van der Waals surface area contributed by atoms with E-state index < -0.39 is 17.1 Å². The fourth-order valence-electron chi connectivity index (χ4n) is 3.77. The number of rotatable bonds is 1. The average molecular weight is 386 g/mol. The molecule has 0 saturated carbocycles. The van der Waals surface area contributed by atoms with Crippen molar-refractivity contribution >= 4 is 23.8 Å². The van der Waals surface area contributed by atoms with Crippen LogP contribution in [0.25, 0.3) is 0 Å². The lowest BCUT2D eigenvalue weighted by molar-refractivity contribution is -0.124. The van der Waals surface area contributed by atoms with Gasteiger partial charge in [0.2, 0.25) is 5.91 Å². The molecule has 2 heterocycles. The Hall–Kier alpha value is -2.83. The first-order chi connectivity index (χ1) is 13.0. The number of likely N-dealkylation sites (tertiary alicyclic amines) is 1. The van der Waals surface area contributed by atoms with Crippen LogP contribution in [0.2, 0.25) is 0 Å². The molecular weight excluding hydrogens is 360 g/mol. The summed E-state index contributed by atoms with van der Waals surface area (Å²) >= 11 is 0. The first-order valence-corrected chi connectivity index (χ1v) is 9.34. The van der Waals surface area contributed by atoms with Crippen molar-refractivity contribution in [3.63, 3.8) is 0 Å². The molecule has 1 fully saturated rings. The molecule has 0 radical (unpaired) electrons. The molecule has 0 aromatic heterocycles. The van der Waals surface area contributed by atoms with Gasteiger partial charge in [-0.2, -0.15) is 0 Å². The van der Waals surface area contributed by atoms with Crippen LogP contribution in [0.15, 0.2) is 36.6 Å². The summed E-state index contributed by atoms with van der Waals surface area (Å²) in [6, 6.07) is 7.23. The van der Waals surface area contributed by atoms with Crippen molar-refractivity contribution in [2.45, 2.75) is 51.6 Å². The molecule has 1 aromatic carbocycles. The number of imide groups is 1. The molecule has 7 nitrogen and oxygen atoms in total. The predicted octanol–water partition coefficient (Wildman–Crippen LogP) is 3.97. The Kier molecular flexibility index (Phi) is 4.95. The fourth-order valence-corrected chi connectivity index (χ4v) is 3.77. The second-order valence-electron chi connectivity index (χ2n) is 8.28. The molecule has 0 aliphatic carbocycles. The van der Waals surface area contributed by atoms with Crippen LogP contribution in [0, 0.1) is 0 Å². The number of nitrogens with zero attached hydrogens (tertiary/aromatic N) is 2. The summed E-state index contributed by atoms with van der Waals surface area (Å²) < 4.78 is 10.5. The van der Waals surface area contributed by atoms with Gasteiger partial charge in [-0.15, -0.1) is 0 Å². The second-order valence-corrected chi connectivity index (χ2v) is 8.28. The molecule has 0 unspecified atom stereocenters. The quantitative estimate of drug-likeness (QED) is 0.683. The van der Waals surface area contributed by atoms with Gasteiger partial charge < -0.3 is 14.4 Å². The number of piperidine rings is 1. The lowest BCUT2D eigenvalue weighted by Gasteiger charge is -2.38. The SMILES string of the molecule is C=C(C)OC(=O)N1C(=O)C2(CCN(C(=O)OC(C)(C)C)CC2)c2ccccc21. The minimum Gasteiger partial charge on any atom is -0.444 e. The number of benzene rings is 1. The molecule has 3 amide bonds. The first kappa shape index (κ1) is 19.9. The van der Waals surface area contributed by atoms with Crippen LogP contribution in [0.1, 0.15) is 46.1 Å². The molecule has 28 heavy (non-hydrogen) atoms. The molecule has 0 atom stereocenters. The van der Waals surface area contributed by atoms with E-state index in [0.717, 1.165) is 10.5 Å². The van der Waals surface area contributed by atoms with Crippen molar-refractivity contribution in [1.82, 2.24) is 4.90 Å². The van der Waals surface area contributed by atoms with Crippen molar-refractivity contribution in [1.29, 1.82) is 0 Å². The minimum absolute atomic E-state index is 0.218. The molecule has 0 N–H and O–H groups in total. The van der Waals surface area contributed by atoms with Gasteiger partial charge in [0.05, 0.1) is 16.9 Å². The van der Waals surface area contributed by atoms with E-state index in [2.05, 4.69) is 6.58 Å². The molecule has 1 saturated heterocycles. The molecule has 150 valence electrons. The maximum absolute atomic E-state index is 13.3. The highest BCUT2D eigenvalue weighted by atomic mass is 16.6. The molecular formula is C21H26N2O5. The average Bonchev–Trinajstić information content (AvgIpc) is 2.82. The van der Waals surface area contributed by atoms with Gasteiger partial charge in [0.15, 0.2) is 0 Å². The van der Waals surface area contributed by atoms with Crippen LogP contribution < -0.4 is 4.90 Å². The summed E-state index contributed by atoms with van der Waals surface area (Å²) in [6.45, 7) is 11.3. The number of allylic oxidation sites excluding steroid dienone is 1. The summed E-state index contributed by atoms with van der Waals surface area (Å²) in [6.07, 6.45) is -0.311. The van der Waals surface area contributed by atoms with E-state index in [1.165, 1.54) is 0 Å². The molecule has 7 heteroatoms. The molecule has 3 rings (SSSR count). The van der Waals surface area contributed by atoms with Gasteiger partial charge in [0.25, 0.3) is 0 Å². The summed E-state index contributed by atoms with van der Waals surface area (Å²) in [4.78, 5) is 40.9. The van der Waals surface area contributed by atoms with Crippen LogP contribution in [0.4, 0.5) is 15.3 Å². The monoisotopic (exact) mass is 386 g/mol. The van der Waals surface area contributed by atoms with E-state index in [-0.39, 0.29) is 17.8 Å². The van der Waals surface area contributed by atoms with Gasteiger partial charge in [0, 0.05) is 13.1 Å². The third kappa shape index (κ3) is 3.48. The molecule has 1 spiro atoms. The lowest BCUT2D eigenvalue weighted by atomic mass is 9.74. The van der Waals surface area contributed by atoms with Gasteiger partial charge in [-0.25, -0.2) is 14.5 Å². The Bertz CT molecular complexity index is 831.